The Morgan fingerprint density at radius 3 is 2.42 bits per heavy atom. The van der Waals surface area contributed by atoms with Crippen molar-refractivity contribution in [2.45, 2.75) is 17.0 Å². The fraction of sp³-hybridized carbons (Fsp3) is 0.176. The van der Waals surface area contributed by atoms with E-state index in [0.717, 1.165) is 11.1 Å². The van der Waals surface area contributed by atoms with Crippen molar-refractivity contribution in [2.24, 2.45) is 7.05 Å². The smallest absolute Gasteiger partial charge is 0.238 e. The van der Waals surface area contributed by atoms with Crippen molar-refractivity contribution < 1.29 is 4.79 Å². The third kappa shape index (κ3) is 3.99. The molecular formula is C17H17N5OS. The third-order valence-corrected chi connectivity index (χ3v) is 4.73. The molecule has 122 valence electrons. The van der Waals surface area contributed by atoms with E-state index in [1.165, 1.54) is 11.8 Å². The number of hydrogen-bond acceptors (Lipinski definition) is 5. The molecule has 0 aliphatic rings. The minimum Gasteiger partial charge on any atom is -0.351 e. The Labute approximate surface area is 144 Å². The van der Waals surface area contributed by atoms with Crippen LogP contribution in [-0.4, -0.2) is 26.1 Å². The summed E-state index contributed by atoms with van der Waals surface area (Å²) in [6, 6.07) is 19.5. The van der Waals surface area contributed by atoms with E-state index in [-0.39, 0.29) is 5.91 Å². The number of aryl methyl sites for hydroxylation is 1. The van der Waals surface area contributed by atoms with Gasteiger partial charge in [-0.1, -0.05) is 72.4 Å². The largest absolute Gasteiger partial charge is 0.351 e. The van der Waals surface area contributed by atoms with Gasteiger partial charge in [-0.2, -0.15) is 0 Å². The lowest BCUT2D eigenvalue weighted by molar-refractivity contribution is -0.120. The van der Waals surface area contributed by atoms with E-state index in [9.17, 15) is 4.79 Å². The van der Waals surface area contributed by atoms with Crippen molar-refractivity contribution in [2.75, 3.05) is 0 Å². The number of carbonyl (C=O) groups excluding carboxylic acids is 1. The molecule has 0 saturated heterocycles. The zero-order valence-corrected chi connectivity index (χ0v) is 14.0. The summed E-state index contributed by atoms with van der Waals surface area (Å²) in [6.45, 7) is 0.487. The van der Waals surface area contributed by atoms with Crippen LogP contribution in [0.2, 0.25) is 0 Å². The van der Waals surface area contributed by atoms with Crippen LogP contribution in [0.5, 0.6) is 0 Å². The summed E-state index contributed by atoms with van der Waals surface area (Å²) in [5.41, 5.74) is 1.97. The van der Waals surface area contributed by atoms with Gasteiger partial charge in [0.15, 0.2) is 0 Å². The standard InChI is InChI=1S/C17H17N5OS/c1-22-17(19-20-21-22)24-15(14-10-6-3-7-11-14)16(23)18-12-13-8-4-2-5-9-13/h2-11,15H,12H2,1H3,(H,18,23)/t15-/m1/s1. The summed E-state index contributed by atoms with van der Waals surface area (Å²) in [6.07, 6.45) is 0. The van der Waals surface area contributed by atoms with E-state index in [0.29, 0.717) is 11.7 Å². The Morgan fingerprint density at radius 2 is 1.79 bits per heavy atom. The second-order valence-corrected chi connectivity index (χ2v) is 6.27. The maximum Gasteiger partial charge on any atom is 0.238 e. The highest BCUT2D eigenvalue weighted by atomic mass is 32.2. The first-order chi connectivity index (χ1) is 11.7. The number of nitrogens with one attached hydrogen (secondary N) is 1. The van der Waals surface area contributed by atoms with Crippen LogP contribution in [0.15, 0.2) is 65.8 Å². The van der Waals surface area contributed by atoms with Crippen LogP contribution in [0.3, 0.4) is 0 Å². The monoisotopic (exact) mass is 339 g/mol. The van der Waals surface area contributed by atoms with E-state index in [1.54, 1.807) is 11.7 Å². The first kappa shape index (κ1) is 16.2. The van der Waals surface area contributed by atoms with Crippen molar-refractivity contribution in [3.8, 4) is 0 Å². The van der Waals surface area contributed by atoms with Crippen LogP contribution < -0.4 is 5.32 Å². The van der Waals surface area contributed by atoms with Crippen LogP contribution in [0.25, 0.3) is 0 Å². The molecule has 0 spiro atoms. The molecule has 0 unspecified atom stereocenters. The van der Waals surface area contributed by atoms with Crippen LogP contribution in [0.4, 0.5) is 0 Å². The molecular weight excluding hydrogens is 322 g/mol. The molecule has 1 N–H and O–H groups in total. The van der Waals surface area contributed by atoms with Gasteiger partial charge in [0.2, 0.25) is 11.1 Å². The summed E-state index contributed by atoms with van der Waals surface area (Å²) in [5.74, 6) is -0.0712. The van der Waals surface area contributed by atoms with Gasteiger partial charge < -0.3 is 5.32 Å². The van der Waals surface area contributed by atoms with E-state index >= 15 is 0 Å². The minimum atomic E-state index is -0.417. The molecule has 0 bridgehead atoms. The second kappa shape index (κ2) is 7.74. The molecule has 1 heterocycles. The van der Waals surface area contributed by atoms with Gasteiger partial charge >= 0.3 is 0 Å². The number of benzene rings is 2. The van der Waals surface area contributed by atoms with Gasteiger partial charge in [-0.3, -0.25) is 4.79 Å². The average molecular weight is 339 g/mol. The molecule has 1 amide bonds. The summed E-state index contributed by atoms with van der Waals surface area (Å²) in [7, 11) is 1.76. The van der Waals surface area contributed by atoms with Gasteiger partial charge in [-0.05, 0) is 21.6 Å². The second-order valence-electron chi connectivity index (χ2n) is 5.20. The lowest BCUT2D eigenvalue weighted by atomic mass is 10.1. The summed E-state index contributed by atoms with van der Waals surface area (Å²) >= 11 is 1.33. The summed E-state index contributed by atoms with van der Waals surface area (Å²) in [5, 5.41) is 14.6. The molecule has 0 fully saturated rings. The number of nitrogens with zero attached hydrogens (tertiary/aromatic N) is 4. The fourth-order valence-electron chi connectivity index (χ4n) is 2.20. The van der Waals surface area contributed by atoms with Crippen LogP contribution in [0, 0.1) is 0 Å². The molecule has 24 heavy (non-hydrogen) atoms. The lowest BCUT2D eigenvalue weighted by Crippen LogP contribution is -2.27. The molecule has 1 aromatic heterocycles. The predicted octanol–water partition coefficient (Wildman–Crippen LogP) is 2.36. The first-order valence-electron chi connectivity index (χ1n) is 7.49. The van der Waals surface area contributed by atoms with Crippen molar-refractivity contribution in [3.05, 3.63) is 71.8 Å². The number of aromatic nitrogens is 4. The zero-order chi connectivity index (χ0) is 16.8. The Balaban J connectivity index is 1.76. The number of thioether (sulfide) groups is 1. The van der Waals surface area contributed by atoms with E-state index in [4.69, 9.17) is 0 Å². The highest BCUT2D eigenvalue weighted by Gasteiger charge is 2.24. The molecule has 2 aromatic carbocycles. The van der Waals surface area contributed by atoms with Crippen LogP contribution >= 0.6 is 11.8 Å². The SMILES string of the molecule is Cn1nnnc1S[C@@H](C(=O)NCc1ccccc1)c1ccccc1. The molecule has 6 nitrogen and oxygen atoms in total. The molecule has 0 radical (unpaired) electrons. The summed E-state index contributed by atoms with van der Waals surface area (Å²) < 4.78 is 1.56. The average Bonchev–Trinajstić information content (AvgIpc) is 3.04. The number of amides is 1. The summed E-state index contributed by atoms with van der Waals surface area (Å²) in [4.78, 5) is 12.7. The molecule has 0 saturated carbocycles. The number of hydrogen-bond donors (Lipinski definition) is 1. The van der Waals surface area contributed by atoms with Gasteiger partial charge in [-0.15, -0.1) is 5.10 Å². The third-order valence-electron chi connectivity index (χ3n) is 3.45. The highest BCUT2D eigenvalue weighted by molar-refractivity contribution is 8.00. The fourth-order valence-corrected chi connectivity index (χ4v) is 3.17. The van der Waals surface area contributed by atoms with E-state index < -0.39 is 5.25 Å². The van der Waals surface area contributed by atoms with E-state index in [2.05, 4.69) is 20.8 Å². The van der Waals surface area contributed by atoms with E-state index in [1.807, 2.05) is 60.7 Å². The molecule has 3 aromatic rings. The quantitative estimate of drug-likeness (QED) is 0.698. The molecule has 0 aliphatic carbocycles. The first-order valence-corrected chi connectivity index (χ1v) is 8.37. The van der Waals surface area contributed by atoms with Crippen molar-refractivity contribution in [1.82, 2.24) is 25.5 Å². The van der Waals surface area contributed by atoms with Crippen molar-refractivity contribution in [3.63, 3.8) is 0 Å². The van der Waals surface area contributed by atoms with Gasteiger partial charge in [0.05, 0.1) is 0 Å². The normalized spacial score (nSPS) is 11.9. The maximum absolute atomic E-state index is 12.7. The Hall–Kier alpha value is -2.67. The molecule has 3 rings (SSSR count). The lowest BCUT2D eigenvalue weighted by Gasteiger charge is -2.16. The van der Waals surface area contributed by atoms with Gasteiger partial charge in [0.25, 0.3) is 0 Å². The van der Waals surface area contributed by atoms with Gasteiger partial charge in [0, 0.05) is 13.6 Å². The van der Waals surface area contributed by atoms with Crippen molar-refractivity contribution >= 4 is 17.7 Å². The molecule has 7 heteroatoms. The maximum atomic E-state index is 12.7. The predicted molar refractivity (Wildman–Crippen MR) is 92.1 cm³/mol. The Morgan fingerprint density at radius 1 is 1.12 bits per heavy atom. The van der Waals surface area contributed by atoms with Gasteiger partial charge in [-0.25, -0.2) is 4.68 Å². The van der Waals surface area contributed by atoms with Crippen molar-refractivity contribution in [1.29, 1.82) is 0 Å². The Bertz CT molecular complexity index is 791. The zero-order valence-electron chi connectivity index (χ0n) is 13.2. The number of carbonyl (C=O) groups is 1. The Kier molecular flexibility index (Phi) is 5.22. The molecule has 1 atom stereocenters. The van der Waals surface area contributed by atoms with Gasteiger partial charge in [0.1, 0.15) is 5.25 Å². The van der Waals surface area contributed by atoms with Crippen LogP contribution in [-0.2, 0) is 18.4 Å². The minimum absolute atomic E-state index is 0.0712. The molecule has 0 aliphatic heterocycles. The highest BCUT2D eigenvalue weighted by Crippen LogP contribution is 2.33. The van der Waals surface area contributed by atoms with Crippen LogP contribution in [0.1, 0.15) is 16.4 Å². The topological polar surface area (TPSA) is 72.7 Å². The number of rotatable bonds is 6. The number of tetrazole rings is 1.